The highest BCUT2D eigenvalue weighted by Crippen LogP contribution is 2.34. The van der Waals surface area contributed by atoms with Gasteiger partial charge in [-0.1, -0.05) is 18.7 Å². The number of nitrogens with zero attached hydrogens (tertiary/aromatic N) is 5. The zero-order valence-electron chi connectivity index (χ0n) is 21.5. The van der Waals surface area contributed by atoms with Gasteiger partial charge in [0.1, 0.15) is 17.4 Å². The summed E-state index contributed by atoms with van der Waals surface area (Å²) in [6.07, 6.45) is 3.19. The minimum absolute atomic E-state index is 0.275. The van der Waals surface area contributed by atoms with Crippen LogP contribution in [-0.4, -0.2) is 71.7 Å². The fourth-order valence-electron chi connectivity index (χ4n) is 4.06. The van der Waals surface area contributed by atoms with Gasteiger partial charge in [-0.2, -0.15) is 0 Å². The summed E-state index contributed by atoms with van der Waals surface area (Å²) in [6.45, 7) is 5.15. The Morgan fingerprint density at radius 1 is 1.19 bits per heavy atom. The number of para-hydroxylation sites is 2. The molecule has 10 nitrogen and oxygen atoms in total. The summed E-state index contributed by atoms with van der Waals surface area (Å²) >= 11 is 0. The molecule has 0 bridgehead atoms. The molecule has 4 aromatic rings. The second-order valence-electron chi connectivity index (χ2n) is 8.89. The number of aromatic nitrogens is 4. The number of hydrogen-bond acceptors (Lipinski definition) is 7. The van der Waals surface area contributed by atoms with E-state index in [0.717, 1.165) is 35.4 Å². The molecule has 2 N–H and O–H groups in total. The van der Waals surface area contributed by atoms with Crippen LogP contribution in [0.5, 0.6) is 5.75 Å². The van der Waals surface area contributed by atoms with Crippen molar-refractivity contribution in [1.82, 2.24) is 24.4 Å². The Kier molecular flexibility index (Phi) is 7.69. The maximum atomic E-state index is 12.7. The Hall–Kier alpha value is -4.44. The van der Waals surface area contributed by atoms with Crippen molar-refractivity contribution in [3.63, 3.8) is 0 Å². The molecule has 2 heterocycles. The Balaban J connectivity index is 1.72. The van der Waals surface area contributed by atoms with E-state index in [2.05, 4.69) is 36.6 Å². The average molecular weight is 502 g/mol. The zero-order chi connectivity index (χ0) is 26.5. The van der Waals surface area contributed by atoms with Gasteiger partial charge in [-0.3, -0.25) is 4.79 Å². The van der Waals surface area contributed by atoms with Crippen LogP contribution in [0, 0.1) is 0 Å². The highest BCUT2D eigenvalue weighted by atomic mass is 16.5. The van der Waals surface area contributed by atoms with Gasteiger partial charge in [0.2, 0.25) is 5.91 Å². The molecule has 0 fully saturated rings. The van der Waals surface area contributed by atoms with Crippen molar-refractivity contribution in [3.8, 4) is 11.6 Å². The number of carbonyl (C=O) groups excluding carboxylic acids is 1. The maximum absolute atomic E-state index is 12.7. The van der Waals surface area contributed by atoms with Crippen molar-refractivity contribution in [3.05, 3.63) is 83.2 Å². The molecule has 0 saturated heterocycles. The predicted molar refractivity (Wildman–Crippen MR) is 146 cm³/mol. The summed E-state index contributed by atoms with van der Waals surface area (Å²) in [7, 11) is 7.59. The molecule has 0 saturated carbocycles. The number of aromatic amines is 1. The summed E-state index contributed by atoms with van der Waals surface area (Å²) in [5.74, 6) is 1.30. The summed E-state index contributed by atoms with van der Waals surface area (Å²) < 4.78 is 7.24. The molecule has 10 heteroatoms. The molecular formula is C27H31N7O3. The number of anilines is 2. The van der Waals surface area contributed by atoms with Crippen LogP contribution in [-0.2, 0) is 11.2 Å². The third-order valence-electron chi connectivity index (χ3n) is 5.99. The van der Waals surface area contributed by atoms with E-state index in [9.17, 15) is 9.59 Å². The van der Waals surface area contributed by atoms with E-state index >= 15 is 0 Å². The average Bonchev–Trinajstić information content (AvgIpc) is 3.23. The van der Waals surface area contributed by atoms with E-state index in [1.165, 1.54) is 10.6 Å². The Bertz CT molecular complexity index is 1490. The standard InChI is InChI=1S/C27H31N7O3/c1-6-26(35)29-20-15-18(23(37-5)17-22(20)33(4)14-13-32(2)3)16-24-28-12-11-25(31-24)34-21-10-8-7-9-19(21)30-27(34)36/h6-12,15,17H,1,13-14,16H2,2-5H3,(H,29,35)(H,30,36). The normalized spacial score (nSPS) is 11.1. The summed E-state index contributed by atoms with van der Waals surface area (Å²) in [6, 6.07) is 12.9. The van der Waals surface area contributed by atoms with Crippen molar-refractivity contribution >= 4 is 28.3 Å². The van der Waals surface area contributed by atoms with Gasteiger partial charge < -0.3 is 24.8 Å². The molecule has 1 amide bonds. The molecule has 0 aliphatic rings. The lowest BCUT2D eigenvalue weighted by Gasteiger charge is -2.25. The SMILES string of the molecule is C=CC(=O)Nc1cc(Cc2nccc(-n3c(=O)[nH]c4ccccc43)n2)c(OC)cc1N(C)CCN(C)C. The van der Waals surface area contributed by atoms with Crippen LogP contribution in [0.1, 0.15) is 11.4 Å². The van der Waals surface area contributed by atoms with Crippen LogP contribution >= 0.6 is 0 Å². The number of H-pyrrole nitrogens is 1. The molecular weight excluding hydrogens is 470 g/mol. The fraction of sp³-hybridized carbons (Fsp3) is 0.259. The van der Waals surface area contributed by atoms with E-state index in [1.807, 2.05) is 57.5 Å². The molecule has 2 aromatic heterocycles. The quantitative estimate of drug-likeness (QED) is 0.322. The smallest absolute Gasteiger partial charge is 0.332 e. The molecule has 4 rings (SSSR count). The van der Waals surface area contributed by atoms with Gasteiger partial charge in [0.25, 0.3) is 0 Å². The van der Waals surface area contributed by atoms with Gasteiger partial charge in [0.15, 0.2) is 0 Å². The molecule has 0 aliphatic carbocycles. The van der Waals surface area contributed by atoms with Gasteiger partial charge in [0, 0.05) is 44.4 Å². The first kappa shape index (κ1) is 25.6. The first-order valence-electron chi connectivity index (χ1n) is 11.8. The minimum Gasteiger partial charge on any atom is -0.496 e. The number of hydrogen-bond donors (Lipinski definition) is 2. The van der Waals surface area contributed by atoms with E-state index < -0.39 is 0 Å². The number of fused-ring (bicyclic) bond motifs is 1. The lowest BCUT2D eigenvalue weighted by Crippen LogP contribution is -2.29. The number of benzene rings is 2. The fourth-order valence-corrected chi connectivity index (χ4v) is 4.06. The molecule has 37 heavy (non-hydrogen) atoms. The number of ether oxygens (including phenoxy) is 1. The molecule has 0 aliphatic heterocycles. The molecule has 0 atom stereocenters. The van der Waals surface area contributed by atoms with E-state index in [0.29, 0.717) is 29.5 Å². The molecule has 0 radical (unpaired) electrons. The number of carbonyl (C=O) groups is 1. The number of nitrogens with one attached hydrogen (secondary N) is 2. The van der Waals surface area contributed by atoms with Crippen molar-refractivity contribution < 1.29 is 9.53 Å². The van der Waals surface area contributed by atoms with Gasteiger partial charge in [-0.25, -0.2) is 19.3 Å². The maximum Gasteiger partial charge on any atom is 0.332 e. The first-order valence-corrected chi connectivity index (χ1v) is 11.8. The van der Waals surface area contributed by atoms with Gasteiger partial charge in [-0.05, 0) is 44.4 Å². The van der Waals surface area contributed by atoms with Crippen molar-refractivity contribution in [2.24, 2.45) is 0 Å². The van der Waals surface area contributed by atoms with Crippen molar-refractivity contribution in [1.29, 1.82) is 0 Å². The Morgan fingerprint density at radius 2 is 1.97 bits per heavy atom. The summed E-state index contributed by atoms with van der Waals surface area (Å²) in [5.41, 5.74) is 3.42. The van der Waals surface area contributed by atoms with Crippen LogP contribution in [0.25, 0.3) is 16.9 Å². The number of amides is 1. The Morgan fingerprint density at radius 3 is 2.70 bits per heavy atom. The Labute approximate surface area is 215 Å². The number of likely N-dealkylation sites (N-methyl/N-ethyl adjacent to an activating group) is 2. The van der Waals surface area contributed by atoms with Gasteiger partial charge >= 0.3 is 5.69 Å². The summed E-state index contributed by atoms with van der Waals surface area (Å²) in [5, 5.41) is 2.91. The van der Waals surface area contributed by atoms with Crippen LogP contribution in [0.4, 0.5) is 11.4 Å². The third kappa shape index (κ3) is 5.70. The van der Waals surface area contributed by atoms with Crippen LogP contribution in [0.2, 0.25) is 0 Å². The number of rotatable bonds is 10. The van der Waals surface area contributed by atoms with E-state index in [4.69, 9.17) is 4.74 Å². The first-order chi connectivity index (χ1) is 17.8. The van der Waals surface area contributed by atoms with Crippen LogP contribution in [0.15, 0.2) is 66.1 Å². The molecule has 2 aromatic carbocycles. The topological polar surface area (TPSA) is 108 Å². The molecule has 0 unspecified atom stereocenters. The molecule has 192 valence electrons. The lowest BCUT2D eigenvalue weighted by atomic mass is 10.1. The number of methoxy groups -OCH3 is 1. The van der Waals surface area contributed by atoms with Crippen molar-refractivity contribution in [2.45, 2.75) is 6.42 Å². The van der Waals surface area contributed by atoms with Crippen molar-refractivity contribution in [2.75, 3.05) is 51.6 Å². The van der Waals surface area contributed by atoms with Crippen LogP contribution in [0.3, 0.4) is 0 Å². The second-order valence-corrected chi connectivity index (χ2v) is 8.89. The number of imidazole rings is 1. The van der Waals surface area contributed by atoms with Gasteiger partial charge in [0.05, 0.1) is 29.5 Å². The monoisotopic (exact) mass is 501 g/mol. The highest BCUT2D eigenvalue weighted by Gasteiger charge is 2.17. The minimum atomic E-state index is -0.310. The predicted octanol–water partition coefficient (Wildman–Crippen LogP) is 2.83. The second kappa shape index (κ2) is 11.1. The largest absolute Gasteiger partial charge is 0.496 e. The third-order valence-corrected chi connectivity index (χ3v) is 5.99. The molecule has 0 spiro atoms. The summed E-state index contributed by atoms with van der Waals surface area (Å²) in [4.78, 5) is 41.0. The highest BCUT2D eigenvalue weighted by molar-refractivity contribution is 6.01. The zero-order valence-corrected chi connectivity index (χ0v) is 21.5. The van der Waals surface area contributed by atoms with E-state index in [-0.39, 0.29) is 11.6 Å². The van der Waals surface area contributed by atoms with Crippen LogP contribution < -0.4 is 20.6 Å². The van der Waals surface area contributed by atoms with E-state index in [1.54, 1.807) is 19.4 Å². The van der Waals surface area contributed by atoms with Gasteiger partial charge in [-0.15, -0.1) is 0 Å². The lowest BCUT2D eigenvalue weighted by molar-refractivity contribution is -0.111.